The number of carbonyl (C=O) groups excluding carboxylic acids is 2. The average Bonchev–Trinajstić information content (AvgIpc) is 3.00. The Morgan fingerprint density at radius 2 is 2.00 bits per heavy atom. The number of hydrogen-bond donors (Lipinski definition) is 3. The number of hydrogen-bond acceptors (Lipinski definition) is 4. The number of aryl methyl sites for hydroxylation is 2. The van der Waals surface area contributed by atoms with Crippen molar-refractivity contribution in [1.29, 1.82) is 5.26 Å². The minimum atomic E-state index is -1.37. The highest BCUT2D eigenvalue weighted by Gasteiger charge is 2.61. The molecule has 0 aliphatic carbocycles. The first kappa shape index (κ1) is 13.5. The lowest BCUT2D eigenvalue weighted by Crippen LogP contribution is -2.51. The molecule has 2 atom stereocenters. The molecule has 1 spiro atoms. The summed E-state index contributed by atoms with van der Waals surface area (Å²) in [5.74, 6) is -1.73. The van der Waals surface area contributed by atoms with Crippen LogP contribution in [0.25, 0.3) is 0 Å². The van der Waals surface area contributed by atoms with Crippen LogP contribution in [0, 0.1) is 31.1 Å². The van der Waals surface area contributed by atoms with Crippen LogP contribution in [0.5, 0.6) is 0 Å². The summed E-state index contributed by atoms with van der Waals surface area (Å²) in [6, 6.07) is 7.52. The SMILES string of the molecule is Cc1cccc2c1C1(C(=O)N2)c2c(n[nH]c2C)NC(=O)C1C#N. The molecule has 7 nitrogen and oxygen atoms in total. The van der Waals surface area contributed by atoms with Gasteiger partial charge in [0.1, 0.15) is 11.3 Å². The van der Waals surface area contributed by atoms with Crippen molar-refractivity contribution in [2.75, 3.05) is 10.6 Å². The van der Waals surface area contributed by atoms with Crippen molar-refractivity contribution in [3.8, 4) is 6.07 Å². The van der Waals surface area contributed by atoms with Crippen LogP contribution in [0.2, 0.25) is 0 Å². The van der Waals surface area contributed by atoms with Crippen molar-refractivity contribution in [2.24, 2.45) is 5.92 Å². The van der Waals surface area contributed by atoms with E-state index in [1.54, 1.807) is 13.0 Å². The molecule has 4 rings (SSSR count). The number of carbonyl (C=O) groups is 2. The van der Waals surface area contributed by atoms with Gasteiger partial charge in [-0.1, -0.05) is 12.1 Å². The smallest absolute Gasteiger partial charge is 0.244 e. The summed E-state index contributed by atoms with van der Waals surface area (Å²) in [5.41, 5.74) is 2.01. The van der Waals surface area contributed by atoms with Gasteiger partial charge in [-0.3, -0.25) is 14.7 Å². The number of nitrogens with one attached hydrogen (secondary N) is 3. The van der Waals surface area contributed by atoms with E-state index in [0.717, 1.165) is 5.56 Å². The van der Waals surface area contributed by atoms with Crippen molar-refractivity contribution < 1.29 is 9.59 Å². The Morgan fingerprint density at radius 1 is 1.22 bits per heavy atom. The number of H-pyrrole nitrogens is 1. The maximum Gasteiger partial charge on any atom is 0.244 e. The molecule has 23 heavy (non-hydrogen) atoms. The highest BCUT2D eigenvalue weighted by molar-refractivity contribution is 6.16. The van der Waals surface area contributed by atoms with Gasteiger partial charge in [0.05, 0.1) is 6.07 Å². The van der Waals surface area contributed by atoms with Gasteiger partial charge in [0.15, 0.2) is 5.82 Å². The van der Waals surface area contributed by atoms with Crippen LogP contribution in [0.1, 0.15) is 22.4 Å². The predicted molar refractivity (Wildman–Crippen MR) is 81.6 cm³/mol. The van der Waals surface area contributed by atoms with E-state index in [0.29, 0.717) is 28.3 Å². The lowest BCUT2D eigenvalue weighted by molar-refractivity contribution is -0.127. The minimum Gasteiger partial charge on any atom is -0.325 e. The molecule has 1 aromatic carbocycles. The molecule has 1 aromatic heterocycles. The second-order valence-corrected chi connectivity index (χ2v) is 5.88. The number of rotatable bonds is 0. The summed E-state index contributed by atoms with van der Waals surface area (Å²) in [6.07, 6.45) is 0. The Kier molecular flexibility index (Phi) is 2.47. The number of benzene rings is 1. The number of nitrogens with zero attached hydrogens (tertiary/aromatic N) is 2. The lowest BCUT2D eigenvalue weighted by Gasteiger charge is -2.36. The highest BCUT2D eigenvalue weighted by Crippen LogP contribution is 2.53. The summed E-state index contributed by atoms with van der Waals surface area (Å²) in [4.78, 5) is 25.5. The van der Waals surface area contributed by atoms with E-state index < -0.39 is 17.2 Å². The van der Waals surface area contributed by atoms with Gasteiger partial charge in [0.2, 0.25) is 11.8 Å². The molecule has 2 aliphatic heterocycles. The zero-order valence-corrected chi connectivity index (χ0v) is 12.5. The number of nitriles is 1. The molecule has 7 heteroatoms. The number of aromatic nitrogens is 2. The number of fused-ring (bicyclic) bond motifs is 4. The minimum absolute atomic E-state index is 0.310. The Balaban J connectivity index is 2.18. The fraction of sp³-hybridized carbons (Fsp3) is 0.250. The fourth-order valence-electron chi connectivity index (χ4n) is 3.83. The molecular formula is C16H13N5O2. The molecule has 2 aromatic rings. The first-order valence-electron chi connectivity index (χ1n) is 7.19. The van der Waals surface area contributed by atoms with E-state index >= 15 is 0 Å². The van der Waals surface area contributed by atoms with Crippen LogP contribution in [0.4, 0.5) is 11.5 Å². The zero-order chi connectivity index (χ0) is 16.4. The van der Waals surface area contributed by atoms with E-state index in [1.807, 2.05) is 25.1 Å². The lowest BCUT2D eigenvalue weighted by atomic mass is 9.63. The Hall–Kier alpha value is -3.14. The monoisotopic (exact) mass is 307 g/mol. The van der Waals surface area contributed by atoms with E-state index in [-0.39, 0.29) is 5.91 Å². The zero-order valence-electron chi connectivity index (χ0n) is 12.5. The first-order chi connectivity index (χ1) is 11.0. The van der Waals surface area contributed by atoms with Crippen molar-refractivity contribution in [2.45, 2.75) is 19.3 Å². The fourth-order valence-corrected chi connectivity index (χ4v) is 3.83. The van der Waals surface area contributed by atoms with Crippen molar-refractivity contribution in [1.82, 2.24) is 10.2 Å². The molecule has 2 aliphatic rings. The summed E-state index contributed by atoms with van der Waals surface area (Å²) < 4.78 is 0. The van der Waals surface area contributed by atoms with E-state index in [1.165, 1.54) is 0 Å². The van der Waals surface area contributed by atoms with Crippen molar-refractivity contribution >= 4 is 23.3 Å². The third-order valence-electron chi connectivity index (χ3n) is 4.68. The van der Waals surface area contributed by atoms with Gasteiger partial charge in [-0.05, 0) is 25.5 Å². The van der Waals surface area contributed by atoms with E-state index in [9.17, 15) is 14.9 Å². The second-order valence-electron chi connectivity index (χ2n) is 5.88. The quantitative estimate of drug-likeness (QED) is 0.682. The van der Waals surface area contributed by atoms with Crippen LogP contribution in [0.3, 0.4) is 0 Å². The van der Waals surface area contributed by atoms with Gasteiger partial charge < -0.3 is 10.6 Å². The molecule has 0 fully saturated rings. The number of aromatic amines is 1. The predicted octanol–water partition coefficient (Wildman–Crippen LogP) is 1.36. The van der Waals surface area contributed by atoms with Crippen LogP contribution < -0.4 is 10.6 Å². The Labute approximate surface area is 131 Å². The second kappa shape index (κ2) is 4.20. The molecule has 2 unspecified atom stereocenters. The van der Waals surface area contributed by atoms with Crippen molar-refractivity contribution in [3.05, 3.63) is 40.6 Å². The number of anilines is 2. The van der Waals surface area contributed by atoms with Crippen LogP contribution in [-0.4, -0.2) is 22.0 Å². The van der Waals surface area contributed by atoms with Gasteiger partial charge in [-0.15, -0.1) is 0 Å². The topological polar surface area (TPSA) is 111 Å². The molecule has 3 heterocycles. The van der Waals surface area contributed by atoms with E-state index in [4.69, 9.17) is 0 Å². The standard InChI is InChI=1S/C16H13N5O2/c1-7-4-3-5-10-11(7)16(15(23)18-10)9(6-17)14(22)19-13-12(16)8(2)20-21-13/h3-5,9H,1-2H3,(H,18,23)(H2,19,20,21,22). The summed E-state index contributed by atoms with van der Waals surface area (Å²) in [7, 11) is 0. The summed E-state index contributed by atoms with van der Waals surface area (Å²) >= 11 is 0. The van der Waals surface area contributed by atoms with E-state index in [2.05, 4.69) is 20.8 Å². The molecule has 2 amide bonds. The molecule has 0 radical (unpaired) electrons. The van der Waals surface area contributed by atoms with Gasteiger partial charge in [0, 0.05) is 22.5 Å². The van der Waals surface area contributed by atoms with Gasteiger partial charge in [0.25, 0.3) is 0 Å². The van der Waals surface area contributed by atoms with Crippen LogP contribution >= 0.6 is 0 Å². The van der Waals surface area contributed by atoms with Gasteiger partial charge in [-0.25, -0.2) is 0 Å². The largest absolute Gasteiger partial charge is 0.325 e. The molecular weight excluding hydrogens is 294 g/mol. The van der Waals surface area contributed by atoms with Gasteiger partial charge in [-0.2, -0.15) is 10.4 Å². The normalized spacial score (nSPS) is 24.7. The summed E-state index contributed by atoms with van der Waals surface area (Å²) in [6.45, 7) is 3.65. The number of amides is 2. The van der Waals surface area contributed by atoms with Crippen LogP contribution in [0.15, 0.2) is 18.2 Å². The molecule has 0 saturated heterocycles. The molecule has 3 N–H and O–H groups in total. The first-order valence-corrected chi connectivity index (χ1v) is 7.19. The summed E-state index contributed by atoms with van der Waals surface area (Å²) in [5, 5.41) is 22.0. The third kappa shape index (κ3) is 1.40. The third-order valence-corrected chi connectivity index (χ3v) is 4.68. The molecule has 0 bridgehead atoms. The molecule has 0 saturated carbocycles. The van der Waals surface area contributed by atoms with Crippen molar-refractivity contribution in [3.63, 3.8) is 0 Å². The Bertz CT molecular complexity index is 923. The highest BCUT2D eigenvalue weighted by atomic mass is 16.2. The van der Waals surface area contributed by atoms with Crippen LogP contribution in [-0.2, 0) is 15.0 Å². The van der Waals surface area contributed by atoms with Gasteiger partial charge >= 0.3 is 0 Å². The average molecular weight is 307 g/mol. The maximum absolute atomic E-state index is 13.0. The molecule has 114 valence electrons. The maximum atomic E-state index is 13.0. The Morgan fingerprint density at radius 3 is 2.74 bits per heavy atom.